The summed E-state index contributed by atoms with van der Waals surface area (Å²) in [4.78, 5) is 40.8. The highest BCUT2D eigenvalue weighted by atomic mass is 32.1. The van der Waals surface area contributed by atoms with Gasteiger partial charge in [0.1, 0.15) is 18.3 Å². The van der Waals surface area contributed by atoms with Gasteiger partial charge in [0.2, 0.25) is 11.8 Å². The molecule has 1 aliphatic rings. The van der Waals surface area contributed by atoms with Gasteiger partial charge in [-0.2, -0.15) is 0 Å². The molecule has 1 aliphatic heterocycles. The maximum absolute atomic E-state index is 12.4. The smallest absolute Gasteiger partial charge is 0.274 e. The molecular weight excluding hydrogens is 294 g/mol. The molecule has 1 unspecified atom stereocenters. The Kier molecular flexibility index (Phi) is 3.30. The van der Waals surface area contributed by atoms with Crippen LogP contribution in [0.25, 0.3) is 10.8 Å². The average molecular weight is 305 g/mol. The second-order valence-electron chi connectivity index (χ2n) is 4.54. The third kappa shape index (κ3) is 2.45. The number of thiazole rings is 1. The Morgan fingerprint density at radius 2 is 2.33 bits per heavy atom. The van der Waals surface area contributed by atoms with Crippen molar-refractivity contribution >= 4 is 29.1 Å². The summed E-state index contributed by atoms with van der Waals surface area (Å²) in [6.07, 6.45) is 1.52. The van der Waals surface area contributed by atoms with E-state index < -0.39 is 23.8 Å². The molecule has 0 saturated carbocycles. The maximum atomic E-state index is 12.4. The lowest BCUT2D eigenvalue weighted by molar-refractivity contribution is -0.138. The van der Waals surface area contributed by atoms with Crippen LogP contribution >= 0.6 is 11.3 Å². The summed E-state index contributed by atoms with van der Waals surface area (Å²) in [5.74, 6) is -0.853. The first-order chi connectivity index (χ1) is 10.1. The van der Waals surface area contributed by atoms with E-state index in [-0.39, 0.29) is 12.2 Å². The van der Waals surface area contributed by atoms with Crippen LogP contribution in [0.5, 0.6) is 0 Å². The molecule has 1 saturated heterocycles. The third-order valence-corrected chi connectivity index (χ3v) is 4.00. The highest BCUT2D eigenvalue weighted by molar-refractivity contribution is 7.13. The van der Waals surface area contributed by atoms with Crippen LogP contribution in [-0.2, 0) is 9.59 Å². The minimum Gasteiger partial charge on any atom is -0.462 e. The van der Waals surface area contributed by atoms with Crippen molar-refractivity contribution in [1.29, 1.82) is 0 Å². The van der Waals surface area contributed by atoms with E-state index >= 15 is 0 Å². The molecule has 1 N–H and O–H groups in total. The van der Waals surface area contributed by atoms with E-state index in [0.717, 1.165) is 0 Å². The number of hydrogen-bond acceptors (Lipinski definition) is 6. The average Bonchev–Trinajstić information content (AvgIpc) is 3.11. The minimum atomic E-state index is -0.705. The highest BCUT2D eigenvalue weighted by Crippen LogP contribution is 2.25. The van der Waals surface area contributed by atoms with Gasteiger partial charge >= 0.3 is 0 Å². The first-order valence-electron chi connectivity index (χ1n) is 6.20. The predicted molar refractivity (Wildman–Crippen MR) is 73.5 cm³/mol. The zero-order valence-corrected chi connectivity index (χ0v) is 11.8. The van der Waals surface area contributed by atoms with E-state index in [1.165, 1.54) is 22.5 Å². The number of nitrogens with zero attached hydrogens (tertiary/aromatic N) is 2. The number of hydrogen-bond donors (Lipinski definition) is 1. The minimum absolute atomic E-state index is 0.153. The van der Waals surface area contributed by atoms with Crippen molar-refractivity contribution in [2.75, 3.05) is 6.54 Å². The predicted octanol–water partition coefficient (Wildman–Crippen LogP) is 0.890. The largest absolute Gasteiger partial charge is 0.462 e. The van der Waals surface area contributed by atoms with Crippen molar-refractivity contribution in [1.82, 2.24) is 15.2 Å². The normalized spacial score (nSPS) is 18.7. The second kappa shape index (κ2) is 5.13. The fourth-order valence-electron chi connectivity index (χ4n) is 1.99. The molecule has 21 heavy (non-hydrogen) atoms. The van der Waals surface area contributed by atoms with Gasteiger partial charge in [0.15, 0.2) is 10.8 Å². The fourth-order valence-corrected chi connectivity index (χ4v) is 2.75. The van der Waals surface area contributed by atoms with E-state index in [2.05, 4.69) is 10.3 Å². The molecule has 1 atom stereocenters. The van der Waals surface area contributed by atoms with Crippen molar-refractivity contribution in [3.05, 3.63) is 29.5 Å². The summed E-state index contributed by atoms with van der Waals surface area (Å²) in [6.45, 7) is 1.42. The van der Waals surface area contributed by atoms with E-state index in [4.69, 9.17) is 4.42 Å². The summed E-state index contributed by atoms with van der Waals surface area (Å²) in [6, 6.07) is 2.77. The van der Waals surface area contributed by atoms with Crippen molar-refractivity contribution < 1.29 is 18.8 Å². The van der Waals surface area contributed by atoms with Crippen LogP contribution in [0.15, 0.2) is 28.2 Å². The van der Waals surface area contributed by atoms with Crippen molar-refractivity contribution in [3.63, 3.8) is 0 Å². The number of piperazine rings is 1. The van der Waals surface area contributed by atoms with Crippen LogP contribution in [0.1, 0.15) is 17.4 Å². The Bertz CT molecular complexity index is 707. The Labute approximate surface area is 123 Å². The molecular formula is C13H11N3O4S. The Balaban J connectivity index is 1.85. The molecule has 0 bridgehead atoms. The number of imide groups is 1. The van der Waals surface area contributed by atoms with Gasteiger partial charge in [0.25, 0.3) is 5.91 Å². The summed E-state index contributed by atoms with van der Waals surface area (Å²) < 4.78 is 5.22. The van der Waals surface area contributed by atoms with Crippen LogP contribution in [0.2, 0.25) is 0 Å². The van der Waals surface area contributed by atoms with E-state index in [1.807, 2.05) is 0 Å². The molecule has 0 aromatic carbocycles. The van der Waals surface area contributed by atoms with Gasteiger partial charge in [-0.05, 0) is 19.1 Å². The van der Waals surface area contributed by atoms with Crippen LogP contribution in [0.4, 0.5) is 0 Å². The lowest BCUT2D eigenvalue weighted by Gasteiger charge is -2.30. The zero-order valence-electron chi connectivity index (χ0n) is 11.0. The van der Waals surface area contributed by atoms with Gasteiger partial charge in [-0.1, -0.05) is 0 Å². The van der Waals surface area contributed by atoms with Gasteiger partial charge in [-0.25, -0.2) is 4.98 Å². The Morgan fingerprint density at radius 1 is 1.52 bits per heavy atom. The molecule has 0 spiro atoms. The van der Waals surface area contributed by atoms with Crippen molar-refractivity contribution in [2.24, 2.45) is 0 Å². The second-order valence-corrected chi connectivity index (χ2v) is 5.39. The summed E-state index contributed by atoms with van der Waals surface area (Å²) in [7, 11) is 0. The molecule has 3 amide bonds. The van der Waals surface area contributed by atoms with E-state index in [9.17, 15) is 14.4 Å². The molecule has 3 rings (SSSR count). The zero-order chi connectivity index (χ0) is 15.0. The van der Waals surface area contributed by atoms with Gasteiger partial charge in [-0.3, -0.25) is 19.7 Å². The lowest BCUT2D eigenvalue weighted by Crippen LogP contribution is -2.58. The molecule has 0 aliphatic carbocycles. The van der Waals surface area contributed by atoms with Gasteiger partial charge in [0, 0.05) is 5.38 Å². The Morgan fingerprint density at radius 3 is 3.05 bits per heavy atom. The summed E-state index contributed by atoms with van der Waals surface area (Å²) in [5, 5.41) is 4.35. The standard InChI is InChI=1S/C13H11N3O4S/c1-7-11(18)15-10(17)5-16(7)13(19)8-6-21-12(14-8)9-3-2-4-20-9/h2-4,6-7H,5H2,1H3,(H,15,17,18). The number of aromatic nitrogens is 1. The molecule has 8 heteroatoms. The molecule has 108 valence electrons. The van der Waals surface area contributed by atoms with Crippen LogP contribution < -0.4 is 5.32 Å². The van der Waals surface area contributed by atoms with Crippen LogP contribution in [0, 0.1) is 0 Å². The molecule has 2 aromatic heterocycles. The van der Waals surface area contributed by atoms with Gasteiger partial charge < -0.3 is 9.32 Å². The number of furan rings is 1. The van der Waals surface area contributed by atoms with Gasteiger partial charge in [0.05, 0.1) is 6.26 Å². The first kappa shape index (κ1) is 13.5. The third-order valence-electron chi connectivity index (χ3n) is 3.14. The summed E-state index contributed by atoms with van der Waals surface area (Å²) in [5.41, 5.74) is 0.195. The van der Waals surface area contributed by atoms with Crippen molar-refractivity contribution in [2.45, 2.75) is 13.0 Å². The number of carbonyl (C=O) groups excluding carboxylic acids is 3. The summed E-state index contributed by atoms with van der Waals surface area (Å²) >= 11 is 1.26. The first-order valence-corrected chi connectivity index (χ1v) is 7.08. The number of amides is 3. The van der Waals surface area contributed by atoms with E-state index in [0.29, 0.717) is 10.8 Å². The molecule has 7 nitrogen and oxygen atoms in total. The Hall–Kier alpha value is -2.48. The molecule has 3 heterocycles. The van der Waals surface area contributed by atoms with Crippen LogP contribution in [-0.4, -0.2) is 40.2 Å². The van der Waals surface area contributed by atoms with E-state index in [1.54, 1.807) is 24.4 Å². The molecule has 1 fully saturated rings. The van der Waals surface area contributed by atoms with Crippen LogP contribution in [0.3, 0.4) is 0 Å². The SMILES string of the molecule is CC1C(=O)NC(=O)CN1C(=O)c1csc(-c2ccco2)n1. The topological polar surface area (TPSA) is 92.5 Å². The molecule has 0 radical (unpaired) electrons. The number of nitrogens with one attached hydrogen (secondary N) is 1. The highest BCUT2D eigenvalue weighted by Gasteiger charge is 2.34. The maximum Gasteiger partial charge on any atom is 0.274 e. The fraction of sp³-hybridized carbons (Fsp3) is 0.231. The quantitative estimate of drug-likeness (QED) is 0.832. The van der Waals surface area contributed by atoms with Crippen molar-refractivity contribution in [3.8, 4) is 10.8 Å². The molecule has 2 aromatic rings. The monoisotopic (exact) mass is 305 g/mol. The number of rotatable bonds is 2. The number of carbonyl (C=O) groups is 3. The van der Waals surface area contributed by atoms with Gasteiger partial charge in [-0.15, -0.1) is 11.3 Å². The lowest BCUT2D eigenvalue weighted by atomic mass is 10.2.